The minimum atomic E-state index is -0.597. The SMILES string of the molecule is O=C(C1COC(Cc2nc(-c3ccc(F)cc3)c(-c3ccnc(NCCO)n3)[nH]2)OC1)N1CCC(O)C1. The molecule has 2 fully saturated rings. The first-order valence-corrected chi connectivity index (χ1v) is 12.2. The number of aromatic amines is 1. The summed E-state index contributed by atoms with van der Waals surface area (Å²) >= 11 is 0. The van der Waals surface area contributed by atoms with Gasteiger partial charge < -0.3 is 34.9 Å². The maximum absolute atomic E-state index is 13.6. The summed E-state index contributed by atoms with van der Waals surface area (Å²) in [7, 11) is 0. The fourth-order valence-corrected chi connectivity index (χ4v) is 4.43. The van der Waals surface area contributed by atoms with Gasteiger partial charge in [0.2, 0.25) is 11.9 Å². The second-order valence-corrected chi connectivity index (χ2v) is 9.05. The van der Waals surface area contributed by atoms with Gasteiger partial charge in [-0.25, -0.2) is 19.3 Å². The quantitative estimate of drug-likeness (QED) is 0.350. The summed E-state index contributed by atoms with van der Waals surface area (Å²) in [6.45, 7) is 1.58. The number of nitrogens with one attached hydrogen (secondary N) is 2. The molecule has 0 spiro atoms. The minimum absolute atomic E-state index is 0.0591. The molecule has 196 valence electrons. The first-order valence-electron chi connectivity index (χ1n) is 12.2. The highest BCUT2D eigenvalue weighted by Crippen LogP contribution is 2.30. The van der Waals surface area contributed by atoms with Gasteiger partial charge in [0.25, 0.3) is 0 Å². The molecule has 0 radical (unpaired) electrons. The van der Waals surface area contributed by atoms with Crippen molar-refractivity contribution in [3.05, 3.63) is 48.2 Å². The average molecular weight is 513 g/mol. The van der Waals surface area contributed by atoms with Gasteiger partial charge in [0.1, 0.15) is 11.6 Å². The number of hydrogen-bond donors (Lipinski definition) is 4. The van der Waals surface area contributed by atoms with E-state index in [-0.39, 0.29) is 31.5 Å². The Morgan fingerprint density at radius 1 is 1.19 bits per heavy atom. The van der Waals surface area contributed by atoms with Gasteiger partial charge in [-0.15, -0.1) is 0 Å². The molecule has 1 aromatic carbocycles. The summed E-state index contributed by atoms with van der Waals surface area (Å²) in [6, 6.07) is 7.75. The third-order valence-electron chi connectivity index (χ3n) is 6.33. The molecule has 4 heterocycles. The van der Waals surface area contributed by atoms with Gasteiger partial charge in [0.15, 0.2) is 6.29 Å². The summed E-state index contributed by atoms with van der Waals surface area (Å²) in [6.07, 6.45) is 1.42. The van der Waals surface area contributed by atoms with Crippen LogP contribution in [0.25, 0.3) is 22.6 Å². The monoisotopic (exact) mass is 512 g/mol. The van der Waals surface area contributed by atoms with E-state index in [0.29, 0.717) is 66.9 Å². The Labute approximate surface area is 212 Å². The average Bonchev–Trinajstić information content (AvgIpc) is 3.54. The van der Waals surface area contributed by atoms with Gasteiger partial charge in [0, 0.05) is 31.4 Å². The van der Waals surface area contributed by atoms with E-state index in [0.717, 1.165) is 0 Å². The summed E-state index contributed by atoms with van der Waals surface area (Å²) in [5, 5.41) is 21.7. The first kappa shape index (κ1) is 25.2. The Bertz CT molecular complexity index is 1210. The maximum Gasteiger partial charge on any atom is 0.230 e. The van der Waals surface area contributed by atoms with Crippen molar-refractivity contribution in [1.29, 1.82) is 0 Å². The molecular weight excluding hydrogens is 483 g/mol. The smallest absolute Gasteiger partial charge is 0.230 e. The van der Waals surface area contributed by atoms with E-state index >= 15 is 0 Å². The largest absolute Gasteiger partial charge is 0.395 e. The molecule has 2 aliphatic rings. The number of anilines is 1. The number of aliphatic hydroxyl groups excluding tert-OH is 2. The zero-order chi connectivity index (χ0) is 25.8. The molecule has 1 amide bonds. The molecule has 2 aliphatic heterocycles. The molecule has 3 aromatic rings. The highest BCUT2D eigenvalue weighted by atomic mass is 19.1. The normalized spacial score (nSPS) is 21.8. The first-order chi connectivity index (χ1) is 18.0. The fourth-order valence-electron chi connectivity index (χ4n) is 4.43. The number of amides is 1. The van der Waals surface area contributed by atoms with Crippen LogP contribution in [0.2, 0.25) is 0 Å². The lowest BCUT2D eigenvalue weighted by molar-refractivity contribution is -0.204. The number of nitrogens with zero attached hydrogens (tertiary/aromatic N) is 4. The topological polar surface area (TPSA) is 146 Å². The van der Waals surface area contributed by atoms with Crippen LogP contribution in [0, 0.1) is 11.7 Å². The molecule has 37 heavy (non-hydrogen) atoms. The molecule has 0 aliphatic carbocycles. The summed E-state index contributed by atoms with van der Waals surface area (Å²) in [4.78, 5) is 31.0. The number of β-amino-alcohol motifs (C(OH)–C–C–N with tert-alkyl or cyclic N) is 1. The van der Waals surface area contributed by atoms with E-state index in [1.54, 1.807) is 29.3 Å². The number of aromatic nitrogens is 4. The van der Waals surface area contributed by atoms with Crippen molar-refractivity contribution in [2.24, 2.45) is 5.92 Å². The summed E-state index contributed by atoms with van der Waals surface area (Å²) in [5.74, 6) is 0.107. The molecule has 12 heteroatoms. The number of imidazole rings is 1. The van der Waals surface area contributed by atoms with E-state index in [4.69, 9.17) is 19.6 Å². The molecule has 0 saturated carbocycles. The van der Waals surface area contributed by atoms with E-state index < -0.39 is 18.3 Å². The maximum atomic E-state index is 13.6. The Morgan fingerprint density at radius 2 is 1.97 bits per heavy atom. The predicted octanol–water partition coefficient (Wildman–Crippen LogP) is 1.20. The highest BCUT2D eigenvalue weighted by molar-refractivity contribution is 5.79. The van der Waals surface area contributed by atoms with Gasteiger partial charge in [-0.3, -0.25) is 4.79 Å². The Balaban J connectivity index is 1.32. The van der Waals surface area contributed by atoms with Crippen LogP contribution < -0.4 is 5.32 Å². The van der Waals surface area contributed by atoms with Crippen molar-refractivity contribution >= 4 is 11.9 Å². The van der Waals surface area contributed by atoms with Crippen LogP contribution >= 0.6 is 0 Å². The van der Waals surface area contributed by atoms with E-state index in [2.05, 4.69) is 20.3 Å². The standard InChI is InChI=1S/C25H29FN6O5/c26-17-3-1-15(2-4-17)22-23(19-5-7-27-25(29-19)28-8-10-33)31-20(30-22)11-21-36-13-16(14-37-21)24(35)32-9-6-18(34)12-32/h1-5,7,16,18,21,33-34H,6,8-14H2,(H,30,31)(H,27,28,29). The van der Waals surface area contributed by atoms with Crippen molar-refractivity contribution in [1.82, 2.24) is 24.8 Å². The molecule has 1 atom stereocenters. The summed E-state index contributed by atoms with van der Waals surface area (Å²) in [5.41, 5.74) is 2.47. The number of H-pyrrole nitrogens is 1. The second-order valence-electron chi connectivity index (χ2n) is 9.05. The van der Waals surface area contributed by atoms with Crippen LogP contribution in [0.5, 0.6) is 0 Å². The number of aliphatic hydroxyl groups is 2. The van der Waals surface area contributed by atoms with Gasteiger partial charge in [0.05, 0.1) is 55.3 Å². The third kappa shape index (κ3) is 5.93. The lowest BCUT2D eigenvalue weighted by Gasteiger charge is -2.30. The lowest BCUT2D eigenvalue weighted by atomic mass is 10.1. The van der Waals surface area contributed by atoms with E-state index in [9.17, 15) is 14.3 Å². The number of carbonyl (C=O) groups is 1. The molecule has 1 unspecified atom stereocenters. The molecule has 0 bridgehead atoms. The summed E-state index contributed by atoms with van der Waals surface area (Å²) < 4.78 is 25.2. The Kier molecular flexibility index (Phi) is 7.70. The van der Waals surface area contributed by atoms with Gasteiger partial charge in [-0.2, -0.15) is 0 Å². The van der Waals surface area contributed by atoms with Crippen LogP contribution in [-0.4, -0.2) is 92.8 Å². The van der Waals surface area contributed by atoms with E-state index in [1.165, 1.54) is 12.1 Å². The Hall–Kier alpha value is -3.45. The lowest BCUT2D eigenvalue weighted by Crippen LogP contribution is -2.44. The second kappa shape index (κ2) is 11.3. The van der Waals surface area contributed by atoms with E-state index in [1.807, 2.05) is 0 Å². The van der Waals surface area contributed by atoms with Crippen molar-refractivity contribution in [2.75, 3.05) is 44.8 Å². The van der Waals surface area contributed by atoms with Gasteiger partial charge in [-0.1, -0.05) is 0 Å². The molecule has 2 saturated heterocycles. The number of halogens is 1. The third-order valence-corrected chi connectivity index (χ3v) is 6.33. The van der Waals surface area contributed by atoms with Crippen LogP contribution in [0.4, 0.5) is 10.3 Å². The number of carbonyl (C=O) groups excluding carboxylic acids is 1. The molecule has 11 nitrogen and oxygen atoms in total. The molecule has 2 aromatic heterocycles. The minimum Gasteiger partial charge on any atom is -0.395 e. The molecule has 4 N–H and O–H groups in total. The van der Waals surface area contributed by atoms with Crippen molar-refractivity contribution in [3.63, 3.8) is 0 Å². The van der Waals surface area contributed by atoms with Crippen LogP contribution in [-0.2, 0) is 20.7 Å². The van der Waals surface area contributed by atoms with Crippen LogP contribution in [0.1, 0.15) is 12.2 Å². The van der Waals surface area contributed by atoms with Crippen LogP contribution in [0.3, 0.4) is 0 Å². The predicted molar refractivity (Wildman–Crippen MR) is 131 cm³/mol. The number of rotatable bonds is 8. The van der Waals surface area contributed by atoms with Crippen molar-refractivity contribution in [2.45, 2.75) is 25.2 Å². The zero-order valence-corrected chi connectivity index (χ0v) is 20.1. The number of hydrogen-bond acceptors (Lipinski definition) is 9. The van der Waals surface area contributed by atoms with Crippen molar-refractivity contribution in [3.8, 4) is 22.6 Å². The zero-order valence-electron chi connectivity index (χ0n) is 20.1. The van der Waals surface area contributed by atoms with Crippen molar-refractivity contribution < 1.29 is 28.9 Å². The number of ether oxygens (including phenoxy) is 2. The van der Waals surface area contributed by atoms with Crippen LogP contribution in [0.15, 0.2) is 36.5 Å². The fraction of sp³-hybridized carbons (Fsp3) is 0.440. The molecule has 5 rings (SSSR count). The Morgan fingerprint density at radius 3 is 2.68 bits per heavy atom. The highest BCUT2D eigenvalue weighted by Gasteiger charge is 2.34. The van der Waals surface area contributed by atoms with Gasteiger partial charge >= 0.3 is 0 Å². The number of likely N-dealkylation sites (tertiary alicyclic amines) is 1. The number of benzene rings is 1. The molecular formula is C25H29FN6O5. The van der Waals surface area contributed by atoms with Gasteiger partial charge in [-0.05, 0) is 36.8 Å².